The zero-order valence-corrected chi connectivity index (χ0v) is 17.8. The van der Waals surface area contributed by atoms with Crippen LogP contribution in [0, 0.1) is 6.08 Å². The Morgan fingerprint density at radius 1 is 1.18 bits per heavy atom. The molecule has 1 atom stereocenters. The van der Waals surface area contributed by atoms with Crippen LogP contribution >= 0.6 is 7.53 Å². The summed E-state index contributed by atoms with van der Waals surface area (Å²) in [5.41, 5.74) is 0. The van der Waals surface area contributed by atoms with Crippen molar-refractivity contribution >= 4 is 18.3 Å². The molecule has 1 aliphatic rings. The molecule has 4 rings (SSSR count). The molecule has 1 nitrogen and oxygen atoms in total. The van der Waals surface area contributed by atoms with E-state index in [0.29, 0.717) is 0 Å². The molecule has 0 saturated carbocycles. The van der Waals surface area contributed by atoms with E-state index in [4.69, 9.17) is 0 Å². The fraction of sp³-hybridized carbons (Fsp3) is 0.0588. The molecule has 0 N–H and O–H groups in total. The summed E-state index contributed by atoms with van der Waals surface area (Å²) in [6.45, 7) is 0. The summed E-state index contributed by atoms with van der Waals surface area (Å²) in [7, 11) is -0.259. The van der Waals surface area contributed by atoms with Gasteiger partial charge in [-0.2, -0.15) is 12.1 Å². The molecule has 0 bridgehead atoms. The first-order chi connectivity index (χ1) is 9.43. The van der Waals surface area contributed by atoms with Crippen LogP contribution in [0.4, 0.5) is 0 Å². The number of rotatable bonds is 1. The van der Waals surface area contributed by atoms with Gasteiger partial charge in [0.25, 0.3) is 0 Å². The van der Waals surface area contributed by atoms with Crippen molar-refractivity contribution in [3.8, 4) is 5.30 Å². The zero-order chi connectivity index (χ0) is 12.9. The van der Waals surface area contributed by atoms with Crippen molar-refractivity contribution in [2.24, 2.45) is 0 Å². The van der Waals surface area contributed by atoms with Gasteiger partial charge in [0.2, 0.25) is 0 Å². The second-order valence-electron chi connectivity index (χ2n) is 4.32. The Morgan fingerprint density at radius 2 is 2.00 bits per heavy atom. The molecule has 0 amide bonds. The van der Waals surface area contributed by atoms with Crippen LogP contribution in [0.2, 0.25) is 0 Å². The summed E-state index contributed by atoms with van der Waals surface area (Å²) in [6.07, 6.45) is 11.9. The number of aromatic nitrogens is 1. The number of allylic oxidation sites excluding steroid dienone is 4. The number of benzene rings is 1. The van der Waals surface area contributed by atoms with E-state index in [1.807, 2.05) is 24.3 Å². The van der Waals surface area contributed by atoms with Crippen LogP contribution < -0.4 is 24.8 Å². The average molecular weight is 513 g/mol. The van der Waals surface area contributed by atoms with Crippen LogP contribution in [-0.4, -0.2) is 4.98 Å². The summed E-state index contributed by atoms with van der Waals surface area (Å²) in [5.74, 6) is 4.23. The Hall–Kier alpha value is -0.530. The predicted molar refractivity (Wildman–Crippen MR) is 83.0 cm³/mol. The van der Waals surface area contributed by atoms with Crippen molar-refractivity contribution in [1.82, 2.24) is 4.98 Å². The molecule has 0 fully saturated rings. The number of hydrogen-bond donors (Lipinski definition) is 0. The molecule has 1 aromatic heterocycles. The van der Waals surface area contributed by atoms with Gasteiger partial charge in [0.05, 0.1) is 0 Å². The normalized spacial score (nSPS) is 11.7. The van der Waals surface area contributed by atoms with Gasteiger partial charge in [0, 0.05) is 12.1 Å². The van der Waals surface area contributed by atoms with E-state index in [1.54, 1.807) is 0 Å². The molecule has 0 saturated heterocycles. The van der Waals surface area contributed by atoms with Crippen molar-refractivity contribution in [2.45, 2.75) is 6.42 Å². The molecule has 22 heavy (non-hydrogen) atoms. The molecule has 1 unspecified atom stereocenters. The molecule has 0 radical (unpaired) electrons. The maximum atomic E-state index is 4.13. The Labute approximate surface area is 163 Å². The zero-order valence-electron chi connectivity index (χ0n) is 11.8. The van der Waals surface area contributed by atoms with E-state index in [2.05, 4.69) is 59.3 Å². The number of hydrogen-bond acceptors (Lipinski definition) is 1. The van der Waals surface area contributed by atoms with Crippen LogP contribution in [0.1, 0.15) is 6.42 Å². The SMILES string of the molecule is [C-]1=CC=CC1.[Cl-].[Cl-].[Hf+4].c1ccc2[cH-]c(-p3ccnc3)cc2c1. The van der Waals surface area contributed by atoms with Gasteiger partial charge in [0.15, 0.2) is 0 Å². The Kier molecular flexibility index (Phi) is 10.8. The quantitative estimate of drug-likeness (QED) is 0.309. The third-order valence-electron chi connectivity index (χ3n) is 2.99. The number of halogens is 2. The van der Waals surface area contributed by atoms with Crippen molar-refractivity contribution in [2.75, 3.05) is 0 Å². The van der Waals surface area contributed by atoms with Crippen molar-refractivity contribution in [3.63, 3.8) is 0 Å². The predicted octanol–water partition coefficient (Wildman–Crippen LogP) is -0.759. The third kappa shape index (κ3) is 5.59. The monoisotopic (exact) mass is 513 g/mol. The minimum absolute atomic E-state index is 0. The fourth-order valence-electron chi connectivity index (χ4n) is 2.04. The van der Waals surface area contributed by atoms with Crippen LogP contribution in [-0.2, 0) is 25.8 Å². The molecule has 1 aliphatic carbocycles. The van der Waals surface area contributed by atoms with E-state index in [1.165, 1.54) is 16.1 Å². The minimum Gasteiger partial charge on any atom is -1.00 e. The summed E-state index contributed by atoms with van der Waals surface area (Å²) in [6, 6.07) is 13.0. The summed E-state index contributed by atoms with van der Waals surface area (Å²) in [4.78, 5) is 4.13. The second-order valence-corrected chi connectivity index (χ2v) is 6.18. The molecule has 0 aliphatic heterocycles. The molecule has 5 heteroatoms. The molecular formula is C17H14Cl2HfNP. The standard InChI is InChI=1S/C12H9NP.C5H5.2ClH.Hf/c1-2-4-11-8-12(7-10(11)3-1)14-6-5-13-9-14;1-2-4-5-3-1;;;/h1-9H;1-3H,4H2;2*1H;/q2*-1;;;+4/p-2. The fourth-order valence-corrected chi connectivity index (χ4v) is 3.44. The average Bonchev–Trinajstić information content (AvgIpc) is 3.20. The van der Waals surface area contributed by atoms with Crippen molar-refractivity contribution in [1.29, 1.82) is 0 Å². The van der Waals surface area contributed by atoms with E-state index >= 15 is 0 Å². The molecule has 3 aromatic rings. The van der Waals surface area contributed by atoms with Crippen LogP contribution in [0.15, 0.2) is 72.5 Å². The van der Waals surface area contributed by atoms with Crippen LogP contribution in [0.5, 0.6) is 0 Å². The van der Waals surface area contributed by atoms with Gasteiger partial charge in [0.1, 0.15) is 0 Å². The van der Waals surface area contributed by atoms with Crippen molar-refractivity contribution in [3.05, 3.63) is 78.6 Å². The molecule has 110 valence electrons. The maximum Gasteiger partial charge on any atom is 4.00 e. The topological polar surface area (TPSA) is 12.9 Å². The first-order valence-electron chi connectivity index (χ1n) is 6.29. The smallest absolute Gasteiger partial charge is 1.00 e. The van der Waals surface area contributed by atoms with Gasteiger partial charge >= 0.3 is 25.8 Å². The molecule has 1 heterocycles. The Morgan fingerprint density at radius 3 is 2.55 bits per heavy atom. The van der Waals surface area contributed by atoms with Gasteiger partial charge in [-0.15, -0.1) is 41.5 Å². The van der Waals surface area contributed by atoms with Crippen molar-refractivity contribution < 1.29 is 50.7 Å². The van der Waals surface area contributed by atoms with Crippen LogP contribution in [0.3, 0.4) is 0 Å². The minimum atomic E-state index is -0.259. The van der Waals surface area contributed by atoms with Gasteiger partial charge < -0.3 is 24.8 Å². The summed E-state index contributed by atoms with van der Waals surface area (Å²) >= 11 is 0. The van der Waals surface area contributed by atoms with Gasteiger partial charge in [-0.25, -0.2) is 12.2 Å². The van der Waals surface area contributed by atoms with E-state index in [-0.39, 0.29) is 58.2 Å². The Bertz CT molecular complexity index is 674. The second kappa shape index (κ2) is 11.1. The number of nitrogens with zero attached hydrogens (tertiary/aromatic N) is 1. The Balaban J connectivity index is 0.000000482. The van der Waals surface area contributed by atoms with E-state index in [0.717, 1.165) is 6.42 Å². The summed E-state index contributed by atoms with van der Waals surface area (Å²) in [5, 5.41) is 4.07. The van der Waals surface area contributed by atoms with E-state index in [9.17, 15) is 0 Å². The first-order valence-corrected chi connectivity index (χ1v) is 7.77. The molecule has 2 aromatic carbocycles. The van der Waals surface area contributed by atoms with Gasteiger partial charge in [-0.1, -0.05) is 18.9 Å². The van der Waals surface area contributed by atoms with E-state index < -0.39 is 0 Å². The van der Waals surface area contributed by atoms with Crippen LogP contribution in [0.25, 0.3) is 16.1 Å². The largest absolute Gasteiger partial charge is 4.00 e. The third-order valence-corrected chi connectivity index (χ3v) is 4.68. The summed E-state index contributed by atoms with van der Waals surface area (Å²) < 4.78 is 0. The number of fused-ring (bicyclic) bond motifs is 1. The van der Waals surface area contributed by atoms with Gasteiger partial charge in [-0.3, -0.25) is 11.1 Å². The molecule has 0 spiro atoms. The molecular weight excluding hydrogens is 499 g/mol. The maximum absolute atomic E-state index is 4.13. The van der Waals surface area contributed by atoms with Gasteiger partial charge in [-0.05, 0) is 5.80 Å². The first kappa shape index (κ1) is 21.5.